The molecule has 0 radical (unpaired) electrons. The van der Waals surface area contributed by atoms with Gasteiger partial charge in [0.2, 0.25) is 0 Å². The molecule has 90 heavy (non-hydrogen) atoms. The average Bonchev–Trinajstić information content (AvgIpc) is 4.06. The topological polar surface area (TPSA) is 210 Å². The molecule has 16 heteroatoms. The minimum absolute atomic E-state index is 0. The maximum atomic E-state index is 12.0. The van der Waals surface area contributed by atoms with Crippen LogP contribution in [0.25, 0.3) is 0 Å². The summed E-state index contributed by atoms with van der Waals surface area (Å²) in [5.74, 6) is -2.58. The Kier molecular flexibility index (Phi) is 66.9. The van der Waals surface area contributed by atoms with Crippen molar-refractivity contribution < 1.29 is 76.3 Å². The van der Waals surface area contributed by atoms with Crippen LogP contribution in [0, 0.1) is 21.7 Å². The lowest BCUT2D eigenvalue weighted by atomic mass is 9.83. The zero-order valence-electron chi connectivity index (χ0n) is 51.7. The second-order valence-corrected chi connectivity index (χ2v) is 25.3. The van der Waals surface area contributed by atoms with Gasteiger partial charge in [-0.15, -0.1) is 0 Å². The molecule has 0 amide bonds. The smallest absolute Gasteiger partial charge is 0.344 e. The van der Waals surface area contributed by atoms with Crippen molar-refractivity contribution in [2.24, 2.45) is 21.7 Å². The van der Waals surface area contributed by atoms with Crippen molar-refractivity contribution >= 4 is 47.8 Å². The summed E-state index contributed by atoms with van der Waals surface area (Å²) in [6.45, 7) is 30.1. The molecule has 16 nitrogen and oxygen atoms in total. The summed E-state index contributed by atoms with van der Waals surface area (Å²) in [4.78, 5) is 94.2. The highest BCUT2D eigenvalue weighted by Crippen LogP contribution is 2.38. The van der Waals surface area contributed by atoms with E-state index in [9.17, 15) is 38.4 Å². The minimum atomic E-state index is -0.546. The highest BCUT2D eigenvalue weighted by Gasteiger charge is 2.39. The molecule has 0 aromatic rings. The second-order valence-electron chi connectivity index (χ2n) is 25.3. The number of rotatable bonds is 24. The molecule has 4 aliphatic carbocycles. The third-order valence-corrected chi connectivity index (χ3v) is 17.0. The molecule has 0 bridgehead atoms. The van der Waals surface area contributed by atoms with E-state index in [0.717, 1.165) is 122 Å². The minimum Gasteiger partial charge on any atom is -0.465 e. The van der Waals surface area contributed by atoms with Crippen LogP contribution in [0.5, 0.6) is 0 Å². The van der Waals surface area contributed by atoms with Crippen molar-refractivity contribution in [3.05, 3.63) is 0 Å². The van der Waals surface area contributed by atoms with E-state index in [2.05, 4.69) is 6.92 Å². The van der Waals surface area contributed by atoms with Gasteiger partial charge in [0.25, 0.3) is 0 Å². The summed E-state index contributed by atoms with van der Waals surface area (Å²) < 4.78 is 42.5. The van der Waals surface area contributed by atoms with Gasteiger partial charge in [0, 0.05) is 0 Å². The molecule has 0 aliphatic heterocycles. The molecule has 0 spiro atoms. The lowest BCUT2D eigenvalue weighted by Crippen LogP contribution is -2.37. The van der Waals surface area contributed by atoms with E-state index >= 15 is 0 Å². The average molecular weight is 1300 g/mol. The first kappa shape index (κ1) is 113. The second kappa shape index (κ2) is 53.2. The van der Waals surface area contributed by atoms with Crippen LogP contribution in [0.2, 0.25) is 0 Å². The predicted octanol–water partition coefficient (Wildman–Crippen LogP) is 21.3. The van der Waals surface area contributed by atoms with E-state index in [4.69, 9.17) is 37.9 Å². The van der Waals surface area contributed by atoms with Crippen LogP contribution in [0.15, 0.2) is 0 Å². The Morgan fingerprint density at radius 2 is 0.511 bits per heavy atom. The van der Waals surface area contributed by atoms with E-state index in [1.54, 1.807) is 13.8 Å². The van der Waals surface area contributed by atoms with E-state index in [0.29, 0.717) is 19.3 Å². The molecule has 4 saturated carbocycles. The third kappa shape index (κ3) is 41.4. The Hall–Kier alpha value is -4.24. The van der Waals surface area contributed by atoms with Crippen LogP contribution >= 0.6 is 0 Å². The monoisotopic (exact) mass is 1300 g/mol. The van der Waals surface area contributed by atoms with E-state index in [1.165, 1.54) is 12.8 Å². The van der Waals surface area contributed by atoms with Gasteiger partial charge in [-0.05, 0) is 210 Å². The van der Waals surface area contributed by atoms with Gasteiger partial charge in [-0.2, -0.15) is 0 Å². The first-order valence-corrected chi connectivity index (χ1v) is 29.8. The first-order valence-electron chi connectivity index (χ1n) is 29.8. The Labute approximate surface area is 559 Å². The molecule has 0 N–H and O–H groups in total. The molecule has 4 rings (SSSR count). The summed E-state index contributed by atoms with van der Waals surface area (Å²) in [5.41, 5.74) is -3.33. The Morgan fingerprint density at radius 3 is 0.789 bits per heavy atom. The molecule has 4 fully saturated rings. The van der Waals surface area contributed by atoms with Gasteiger partial charge < -0.3 is 37.9 Å². The molecular formula is C74H156O16. The maximum absolute atomic E-state index is 12.0. The summed E-state index contributed by atoms with van der Waals surface area (Å²) in [6.07, 6.45) is 23.5. The predicted molar refractivity (Wildman–Crippen MR) is 380 cm³/mol. The molecule has 0 aromatic heterocycles. The van der Waals surface area contributed by atoms with Gasteiger partial charge >= 0.3 is 47.8 Å². The lowest BCUT2D eigenvalue weighted by molar-refractivity contribution is -0.173. The van der Waals surface area contributed by atoms with Crippen molar-refractivity contribution in [1.29, 1.82) is 0 Å². The molecule has 0 aromatic carbocycles. The van der Waals surface area contributed by atoms with Gasteiger partial charge in [0.05, 0.1) is 34.5 Å². The van der Waals surface area contributed by atoms with Gasteiger partial charge in [-0.3, -0.25) is 28.8 Å². The van der Waals surface area contributed by atoms with E-state index < -0.39 is 33.6 Å². The zero-order chi connectivity index (χ0) is 59.5. The molecule has 0 saturated heterocycles. The summed E-state index contributed by atoms with van der Waals surface area (Å²) in [7, 11) is 0. The van der Waals surface area contributed by atoms with Crippen LogP contribution in [-0.2, 0) is 76.3 Å². The van der Waals surface area contributed by atoms with Gasteiger partial charge in [0.1, 0.15) is 35.6 Å². The Balaban J connectivity index is -0.0000000864. The van der Waals surface area contributed by atoms with Crippen molar-refractivity contribution in [3.63, 3.8) is 0 Å². The molecule has 0 heterocycles. The first-order chi connectivity index (χ1) is 36.3. The fourth-order valence-electron chi connectivity index (χ4n) is 9.15. The van der Waals surface area contributed by atoms with Gasteiger partial charge in [-0.25, -0.2) is 9.59 Å². The lowest BCUT2D eigenvalue weighted by Gasteiger charge is -2.36. The Bertz CT molecular complexity index is 1870. The molecule has 4 aliphatic rings. The van der Waals surface area contributed by atoms with Crippen LogP contribution in [0.3, 0.4) is 0 Å². The highest BCUT2D eigenvalue weighted by molar-refractivity contribution is 5.81. The standard InChI is InChI=1S/C17H30O4.C16H28O4.C15H26O4.C14H24O4.12CH4/c1-5-16(3,4)15(19)20-13-10-14(18)21-17(6-2)11-8-7-9-12-17;1-5-15(2,3)14(18)19-12-9-13(17)20-16(4)10-7-6-8-11-16;1-5-14(3,4)13(17)18-11-12(16)19-15(6-2)9-7-8-10-15;1-5-13(2,3)12(16)17-10-11(15)18-14(4)8-6-7-9-14;;;;;;;;;;;;/h5-13H2,1-4H3;5-12H2,1-4H3;5-11H2,1-4H3;5-10H2,1-4H3;12*1H4. The summed E-state index contributed by atoms with van der Waals surface area (Å²) in [6, 6.07) is 0. The number of esters is 8. The van der Waals surface area contributed by atoms with Crippen molar-refractivity contribution in [2.45, 2.75) is 389 Å². The highest BCUT2D eigenvalue weighted by atomic mass is 16.6. The normalized spacial score (nSPS) is 15.8. The van der Waals surface area contributed by atoms with Gasteiger partial charge in [-0.1, -0.05) is 144 Å². The number of carbonyl (C=O) groups excluding carboxylic acids is 8. The van der Waals surface area contributed by atoms with Crippen molar-refractivity contribution in [3.8, 4) is 0 Å². The molecule has 0 unspecified atom stereocenters. The summed E-state index contributed by atoms with van der Waals surface area (Å²) >= 11 is 0. The summed E-state index contributed by atoms with van der Waals surface area (Å²) in [5, 5.41) is 0. The third-order valence-electron chi connectivity index (χ3n) is 17.0. The SMILES string of the molecule is C.C.C.C.C.C.C.C.C.C.C.C.CCC(C)(C)C(=O)OCC(=O)OC1(C)CCCC1.CCC(C)(C)C(=O)OCCC(=O)OC1(C)CCCCC1.CCC1(OC(=O)CCOC(=O)C(C)(C)CC)CCCCC1.CCC1(OC(=O)COC(=O)C(C)(C)CC)CCCC1. The van der Waals surface area contributed by atoms with E-state index in [-0.39, 0.29) is 187 Å². The molecular weight excluding hydrogens is 1140 g/mol. The maximum Gasteiger partial charge on any atom is 0.344 e. The van der Waals surface area contributed by atoms with Crippen LogP contribution in [-0.4, -0.2) is 96.6 Å². The van der Waals surface area contributed by atoms with E-state index in [1.807, 2.05) is 90.0 Å². The van der Waals surface area contributed by atoms with Crippen molar-refractivity contribution in [2.75, 3.05) is 26.4 Å². The molecule has 548 valence electrons. The van der Waals surface area contributed by atoms with Crippen LogP contribution in [0.1, 0.15) is 367 Å². The largest absolute Gasteiger partial charge is 0.465 e. The number of carbonyl (C=O) groups is 8. The van der Waals surface area contributed by atoms with Gasteiger partial charge in [0.15, 0.2) is 13.2 Å². The Morgan fingerprint density at radius 1 is 0.300 bits per heavy atom. The van der Waals surface area contributed by atoms with Crippen molar-refractivity contribution in [1.82, 2.24) is 0 Å². The fraction of sp³-hybridized carbons (Fsp3) is 0.892. The number of hydrogen-bond donors (Lipinski definition) is 0. The quantitative estimate of drug-likeness (QED) is 0.0650. The molecule has 0 atom stereocenters. The zero-order valence-corrected chi connectivity index (χ0v) is 51.7. The van der Waals surface area contributed by atoms with Crippen LogP contribution < -0.4 is 0 Å². The van der Waals surface area contributed by atoms with Crippen LogP contribution in [0.4, 0.5) is 0 Å². The fourth-order valence-corrected chi connectivity index (χ4v) is 9.15. The number of hydrogen-bond acceptors (Lipinski definition) is 16. The number of ether oxygens (including phenoxy) is 8.